The third-order valence-corrected chi connectivity index (χ3v) is 5.35. The summed E-state index contributed by atoms with van der Waals surface area (Å²) in [6.07, 6.45) is -4.06. The summed E-state index contributed by atoms with van der Waals surface area (Å²) in [4.78, 5) is 2.27. The Balaban J connectivity index is -0.00000112. The predicted octanol–water partition coefficient (Wildman–Crippen LogP) is 8.46. The minimum Gasteiger partial charge on any atom is -0.493 e. The van der Waals surface area contributed by atoms with Crippen LogP contribution in [0.2, 0.25) is 0 Å². The second kappa shape index (κ2) is 29.1. The fourth-order valence-corrected chi connectivity index (χ4v) is 3.35. The van der Waals surface area contributed by atoms with Crippen LogP contribution in [-0.4, -0.2) is 70.9 Å². The van der Waals surface area contributed by atoms with Gasteiger partial charge in [0, 0.05) is 25.2 Å². The maximum Gasteiger partial charge on any atom is 0.573 e. The fraction of sp³-hybridized carbons (Fsp3) is 0.588. The Hall–Kier alpha value is -2.66. The van der Waals surface area contributed by atoms with Crippen molar-refractivity contribution in [3.63, 3.8) is 0 Å². The minimum absolute atomic E-state index is 0.360. The zero-order chi connectivity index (χ0) is 34.6. The summed E-state index contributed by atoms with van der Waals surface area (Å²) in [7, 11) is 1.93. The van der Waals surface area contributed by atoms with E-state index in [0.717, 1.165) is 39.1 Å². The number of ether oxygens (including phenoxy) is 3. The summed E-state index contributed by atoms with van der Waals surface area (Å²) < 4.78 is 67.0. The van der Waals surface area contributed by atoms with Crippen LogP contribution < -0.4 is 20.5 Å². The molecule has 1 fully saturated rings. The monoisotopic (exact) mass is 633 g/mol. The number of nitrogens with two attached hydrogens (primary N) is 1. The van der Waals surface area contributed by atoms with Crippen molar-refractivity contribution in [2.24, 2.45) is 5.73 Å². The van der Waals surface area contributed by atoms with E-state index in [1.807, 2.05) is 55.5 Å². The molecule has 0 saturated carbocycles. The van der Waals surface area contributed by atoms with Gasteiger partial charge in [-0.3, -0.25) is 4.90 Å². The maximum atomic E-state index is 13.6. The van der Waals surface area contributed by atoms with Crippen molar-refractivity contribution in [1.82, 2.24) is 10.2 Å². The molecule has 3 N–H and O–H groups in total. The van der Waals surface area contributed by atoms with E-state index >= 15 is 0 Å². The molecular formula is C34H59F4N3O3. The van der Waals surface area contributed by atoms with Gasteiger partial charge in [0.2, 0.25) is 0 Å². The molecule has 2 aromatic carbocycles. The first-order chi connectivity index (χ1) is 21.1. The predicted molar refractivity (Wildman–Crippen MR) is 178 cm³/mol. The van der Waals surface area contributed by atoms with Gasteiger partial charge < -0.3 is 25.3 Å². The van der Waals surface area contributed by atoms with Crippen LogP contribution in [0.3, 0.4) is 0 Å². The molecule has 0 bridgehead atoms. The molecule has 256 valence electrons. The first-order valence-corrected chi connectivity index (χ1v) is 15.7. The normalized spacial score (nSPS) is 12.1. The Kier molecular flexibility index (Phi) is 30.2. The number of alkyl halides is 3. The van der Waals surface area contributed by atoms with E-state index in [1.165, 1.54) is 30.3 Å². The Labute approximate surface area is 265 Å². The summed E-state index contributed by atoms with van der Waals surface area (Å²) in [6, 6.07) is 8.31. The molecule has 1 aliphatic rings. The molecule has 1 aliphatic heterocycles. The molecule has 0 aromatic heterocycles. The van der Waals surface area contributed by atoms with Crippen molar-refractivity contribution in [1.29, 1.82) is 0 Å². The highest BCUT2D eigenvalue weighted by Crippen LogP contribution is 2.35. The standard InChI is InChI=1S/C23H25F4NO3.C3H9N.C2H7N.3C2H6/c1-16-14-18(4-6-21(16)24)17(2)20-15-19(31-23(25,26)27)5-7-22(20)30-11-3-8-28-9-12-29-13-10-28;1-3-4-2;1-2-3;3*1-2/h4-7,14-15H,2-3,8-13H2,1H3;4H,3H2,1-2H3;2-3H2,1H3;3*1-2H3. The summed E-state index contributed by atoms with van der Waals surface area (Å²) in [5.74, 6) is -0.350. The van der Waals surface area contributed by atoms with Crippen molar-refractivity contribution < 1.29 is 31.8 Å². The zero-order valence-corrected chi connectivity index (χ0v) is 28.8. The van der Waals surface area contributed by atoms with Gasteiger partial charge in [0.1, 0.15) is 17.3 Å². The van der Waals surface area contributed by atoms with Gasteiger partial charge in [-0.25, -0.2) is 4.39 Å². The van der Waals surface area contributed by atoms with Gasteiger partial charge in [-0.2, -0.15) is 0 Å². The second-order valence-corrected chi connectivity index (χ2v) is 8.42. The van der Waals surface area contributed by atoms with Crippen molar-refractivity contribution in [3.05, 3.63) is 65.5 Å². The largest absolute Gasteiger partial charge is 0.573 e. The molecule has 0 spiro atoms. The highest BCUT2D eigenvalue weighted by atomic mass is 19.4. The second-order valence-electron chi connectivity index (χ2n) is 8.42. The fourth-order valence-electron chi connectivity index (χ4n) is 3.35. The zero-order valence-electron chi connectivity index (χ0n) is 28.8. The number of nitrogens with one attached hydrogen (secondary N) is 1. The van der Waals surface area contributed by atoms with E-state index in [4.69, 9.17) is 15.2 Å². The molecule has 44 heavy (non-hydrogen) atoms. The van der Waals surface area contributed by atoms with Gasteiger partial charge in [0.25, 0.3) is 0 Å². The number of hydrogen-bond donors (Lipinski definition) is 2. The molecule has 1 saturated heterocycles. The number of halogens is 4. The topological polar surface area (TPSA) is 69.0 Å². The average Bonchev–Trinajstić information content (AvgIpc) is 3.04. The number of morpholine rings is 1. The summed E-state index contributed by atoms with van der Waals surface area (Å²) in [5, 5.41) is 2.93. The quantitative estimate of drug-likeness (QED) is 0.213. The lowest BCUT2D eigenvalue weighted by Gasteiger charge is -2.26. The molecule has 6 nitrogen and oxygen atoms in total. The van der Waals surface area contributed by atoms with E-state index in [1.54, 1.807) is 13.0 Å². The number of benzene rings is 2. The lowest BCUT2D eigenvalue weighted by atomic mass is 9.97. The molecule has 0 unspecified atom stereocenters. The van der Waals surface area contributed by atoms with Crippen molar-refractivity contribution >= 4 is 5.57 Å². The van der Waals surface area contributed by atoms with Crippen LogP contribution in [0.4, 0.5) is 17.6 Å². The van der Waals surface area contributed by atoms with E-state index in [-0.39, 0.29) is 11.6 Å². The van der Waals surface area contributed by atoms with Crippen LogP contribution in [0.5, 0.6) is 11.5 Å². The van der Waals surface area contributed by atoms with Crippen LogP contribution in [0, 0.1) is 12.7 Å². The summed E-state index contributed by atoms with van der Waals surface area (Å²) in [5.41, 5.74) is 6.62. The van der Waals surface area contributed by atoms with Crippen LogP contribution in [-0.2, 0) is 4.74 Å². The maximum absolute atomic E-state index is 13.6. The number of rotatable bonds is 9. The smallest absolute Gasteiger partial charge is 0.493 e. The molecule has 0 radical (unpaired) electrons. The Bertz CT molecular complexity index is 965. The van der Waals surface area contributed by atoms with Crippen LogP contribution in [0.25, 0.3) is 5.57 Å². The van der Waals surface area contributed by atoms with Gasteiger partial charge in [-0.1, -0.05) is 68.0 Å². The molecular weight excluding hydrogens is 574 g/mol. The number of aryl methyl sites for hydroxylation is 1. The minimum atomic E-state index is -4.81. The van der Waals surface area contributed by atoms with Gasteiger partial charge in [0.05, 0.1) is 19.8 Å². The van der Waals surface area contributed by atoms with Crippen LogP contribution in [0.15, 0.2) is 43.0 Å². The van der Waals surface area contributed by atoms with Crippen molar-refractivity contribution in [2.75, 3.05) is 59.6 Å². The van der Waals surface area contributed by atoms with Crippen molar-refractivity contribution in [3.8, 4) is 11.5 Å². The van der Waals surface area contributed by atoms with Crippen LogP contribution in [0.1, 0.15) is 78.5 Å². The Morgan fingerprint density at radius 1 is 1.00 bits per heavy atom. The molecule has 10 heteroatoms. The Morgan fingerprint density at radius 3 is 2.02 bits per heavy atom. The molecule has 3 rings (SSSR count). The van der Waals surface area contributed by atoms with Crippen LogP contribution >= 0.6 is 0 Å². The number of hydrogen-bond acceptors (Lipinski definition) is 6. The average molecular weight is 634 g/mol. The lowest BCUT2D eigenvalue weighted by Crippen LogP contribution is -2.37. The SMILES string of the molecule is C=C(c1ccc(F)c(C)c1)c1cc(OC(F)(F)F)ccc1OCCCN1CCOCC1.CC.CC.CC.CCN.CCNC. The third-order valence-electron chi connectivity index (χ3n) is 5.35. The first-order valence-electron chi connectivity index (χ1n) is 15.7. The van der Waals surface area contributed by atoms with Crippen molar-refractivity contribution in [2.45, 2.75) is 75.1 Å². The molecule has 1 heterocycles. The van der Waals surface area contributed by atoms with E-state index < -0.39 is 6.36 Å². The van der Waals surface area contributed by atoms with E-state index in [0.29, 0.717) is 47.8 Å². The summed E-state index contributed by atoms with van der Waals surface area (Å²) in [6.45, 7) is 27.8. The molecule has 0 atom stereocenters. The third kappa shape index (κ3) is 21.1. The van der Waals surface area contributed by atoms with Gasteiger partial charge in [-0.05, 0) is 80.5 Å². The molecule has 0 aliphatic carbocycles. The highest BCUT2D eigenvalue weighted by Gasteiger charge is 2.31. The number of nitrogens with zero attached hydrogens (tertiary/aromatic N) is 1. The van der Waals surface area contributed by atoms with Gasteiger partial charge in [-0.15, -0.1) is 13.2 Å². The van der Waals surface area contributed by atoms with E-state index in [9.17, 15) is 17.6 Å². The van der Waals surface area contributed by atoms with Gasteiger partial charge >= 0.3 is 6.36 Å². The molecule has 2 aromatic rings. The highest BCUT2D eigenvalue weighted by molar-refractivity contribution is 5.82. The van der Waals surface area contributed by atoms with Gasteiger partial charge in [0.15, 0.2) is 0 Å². The summed E-state index contributed by atoms with van der Waals surface area (Å²) >= 11 is 0. The Morgan fingerprint density at radius 2 is 1.55 bits per heavy atom. The van der Waals surface area contributed by atoms with E-state index in [2.05, 4.69) is 28.5 Å². The molecule has 0 amide bonds. The lowest BCUT2D eigenvalue weighted by molar-refractivity contribution is -0.274. The first kappa shape index (κ1) is 45.8.